The predicted molar refractivity (Wildman–Crippen MR) is 120 cm³/mol. The molecule has 3 aromatic carbocycles. The van der Waals surface area contributed by atoms with Gasteiger partial charge in [0.15, 0.2) is 22.3 Å². The van der Waals surface area contributed by atoms with Crippen LogP contribution in [0, 0.1) is 6.92 Å². The van der Waals surface area contributed by atoms with Gasteiger partial charge < -0.3 is 9.47 Å². The number of amidine groups is 1. The first-order valence-corrected chi connectivity index (χ1v) is 10.3. The Morgan fingerprint density at radius 2 is 1.87 bits per heavy atom. The van der Waals surface area contributed by atoms with E-state index in [1.54, 1.807) is 17.6 Å². The number of ether oxygens (including phenoxy) is 2. The minimum Gasteiger partial charge on any atom is -0.454 e. The van der Waals surface area contributed by atoms with Crippen LogP contribution in [0.25, 0.3) is 10.2 Å². The van der Waals surface area contributed by atoms with Gasteiger partial charge >= 0.3 is 0 Å². The highest BCUT2D eigenvalue weighted by Gasteiger charge is 2.13. The SMILES string of the molecule is Cc1ccc(N=C(N/N=C/c2ccc3c(c2)OCO3)c2nc3ccccc3s2)cc1. The number of rotatable bonds is 4. The summed E-state index contributed by atoms with van der Waals surface area (Å²) in [6.45, 7) is 2.30. The van der Waals surface area contributed by atoms with E-state index >= 15 is 0 Å². The Bertz CT molecular complexity index is 1230. The first-order valence-electron chi connectivity index (χ1n) is 9.45. The third-order valence-corrected chi connectivity index (χ3v) is 5.60. The van der Waals surface area contributed by atoms with Gasteiger partial charge in [0, 0.05) is 0 Å². The zero-order valence-corrected chi connectivity index (χ0v) is 17.0. The molecule has 0 spiro atoms. The zero-order valence-electron chi connectivity index (χ0n) is 16.2. The smallest absolute Gasteiger partial charge is 0.231 e. The topological polar surface area (TPSA) is 68.1 Å². The van der Waals surface area contributed by atoms with Crippen LogP contribution < -0.4 is 14.9 Å². The maximum absolute atomic E-state index is 5.42. The molecular formula is C23H18N4O2S. The largest absolute Gasteiger partial charge is 0.454 e. The molecule has 0 saturated carbocycles. The number of hydrogen-bond acceptors (Lipinski definition) is 6. The highest BCUT2D eigenvalue weighted by molar-refractivity contribution is 7.20. The molecular weight excluding hydrogens is 396 g/mol. The van der Waals surface area contributed by atoms with E-state index in [4.69, 9.17) is 19.5 Å². The van der Waals surface area contributed by atoms with Crippen molar-refractivity contribution in [3.8, 4) is 11.5 Å². The summed E-state index contributed by atoms with van der Waals surface area (Å²) >= 11 is 1.58. The van der Waals surface area contributed by atoms with E-state index in [0.717, 1.165) is 38.0 Å². The van der Waals surface area contributed by atoms with E-state index in [0.29, 0.717) is 5.84 Å². The summed E-state index contributed by atoms with van der Waals surface area (Å²) < 4.78 is 11.9. The van der Waals surface area contributed by atoms with Crippen LogP contribution in [0.4, 0.5) is 5.69 Å². The van der Waals surface area contributed by atoms with Gasteiger partial charge in [0.1, 0.15) is 0 Å². The molecule has 6 nitrogen and oxygen atoms in total. The standard InChI is InChI=1S/C23H18N4O2S/c1-15-6-9-17(10-7-15)25-22(23-26-18-4-2-3-5-21(18)30-23)27-24-13-16-8-11-19-20(12-16)29-14-28-19/h2-13H,14H2,1H3,(H,25,27)/b24-13+. The molecule has 0 radical (unpaired) electrons. The molecule has 0 saturated heterocycles. The first kappa shape index (κ1) is 18.3. The van der Waals surface area contributed by atoms with Gasteiger partial charge in [-0.1, -0.05) is 29.8 Å². The summed E-state index contributed by atoms with van der Waals surface area (Å²) in [7, 11) is 0. The van der Waals surface area contributed by atoms with Crippen molar-refractivity contribution < 1.29 is 9.47 Å². The number of aliphatic imine (C=N–C) groups is 1. The highest BCUT2D eigenvalue weighted by Crippen LogP contribution is 2.32. The molecule has 1 aromatic heterocycles. The highest BCUT2D eigenvalue weighted by atomic mass is 32.1. The summed E-state index contributed by atoms with van der Waals surface area (Å²) in [5.74, 6) is 2.06. The molecule has 1 N–H and O–H groups in total. The number of thiazole rings is 1. The van der Waals surface area contributed by atoms with Crippen molar-refractivity contribution in [2.24, 2.45) is 10.1 Å². The van der Waals surface area contributed by atoms with Crippen molar-refractivity contribution in [1.29, 1.82) is 0 Å². The Morgan fingerprint density at radius 1 is 1.03 bits per heavy atom. The second-order valence-electron chi connectivity index (χ2n) is 6.77. The molecule has 1 aliphatic heterocycles. The van der Waals surface area contributed by atoms with Gasteiger partial charge in [-0.15, -0.1) is 11.3 Å². The maximum atomic E-state index is 5.42. The number of hydrazone groups is 1. The number of aromatic nitrogens is 1. The van der Waals surface area contributed by atoms with Gasteiger partial charge in [-0.3, -0.25) is 5.43 Å². The second-order valence-corrected chi connectivity index (χ2v) is 7.80. The van der Waals surface area contributed by atoms with Gasteiger partial charge in [0.05, 0.1) is 22.1 Å². The van der Waals surface area contributed by atoms with Crippen LogP contribution in [0.2, 0.25) is 0 Å². The average Bonchev–Trinajstić information content (AvgIpc) is 3.41. The van der Waals surface area contributed by atoms with Crippen molar-refractivity contribution in [1.82, 2.24) is 10.4 Å². The molecule has 4 aromatic rings. The fourth-order valence-electron chi connectivity index (χ4n) is 3.00. The molecule has 0 fully saturated rings. The molecule has 1 aliphatic rings. The van der Waals surface area contributed by atoms with Gasteiger partial charge in [-0.2, -0.15) is 5.10 Å². The Hall–Kier alpha value is -3.71. The van der Waals surface area contributed by atoms with Gasteiger partial charge in [0.25, 0.3) is 0 Å². The molecule has 0 amide bonds. The quantitative estimate of drug-likeness (QED) is 0.289. The maximum Gasteiger partial charge on any atom is 0.231 e. The normalized spacial score (nSPS) is 13.3. The molecule has 2 heterocycles. The van der Waals surface area contributed by atoms with Crippen LogP contribution in [-0.4, -0.2) is 23.8 Å². The summed E-state index contributed by atoms with van der Waals surface area (Å²) in [4.78, 5) is 9.46. The summed E-state index contributed by atoms with van der Waals surface area (Å²) in [6.07, 6.45) is 1.72. The lowest BCUT2D eigenvalue weighted by Crippen LogP contribution is -2.18. The third kappa shape index (κ3) is 3.88. The van der Waals surface area contributed by atoms with Crippen molar-refractivity contribution in [3.05, 3.63) is 82.9 Å². The van der Waals surface area contributed by atoms with Crippen LogP contribution in [0.15, 0.2) is 76.8 Å². The Labute approximate surface area is 177 Å². The number of para-hydroxylation sites is 1. The number of nitrogens with one attached hydrogen (secondary N) is 1. The molecule has 0 unspecified atom stereocenters. The average molecular weight is 414 g/mol. The van der Waals surface area contributed by atoms with Crippen molar-refractivity contribution in [2.45, 2.75) is 6.92 Å². The molecule has 30 heavy (non-hydrogen) atoms. The van der Waals surface area contributed by atoms with Crippen LogP contribution in [0.1, 0.15) is 16.1 Å². The van der Waals surface area contributed by atoms with Crippen LogP contribution in [-0.2, 0) is 0 Å². The Morgan fingerprint density at radius 3 is 2.73 bits per heavy atom. The monoisotopic (exact) mass is 414 g/mol. The van der Waals surface area contributed by atoms with Crippen LogP contribution in [0.3, 0.4) is 0 Å². The van der Waals surface area contributed by atoms with E-state index < -0.39 is 0 Å². The van der Waals surface area contributed by atoms with E-state index in [1.807, 2.05) is 60.7 Å². The molecule has 7 heteroatoms. The molecule has 148 valence electrons. The molecule has 0 bridgehead atoms. The fourth-order valence-corrected chi connectivity index (χ4v) is 3.91. The Kier molecular flexibility index (Phi) is 4.86. The number of aryl methyl sites for hydroxylation is 1. The van der Waals surface area contributed by atoms with Crippen molar-refractivity contribution in [3.63, 3.8) is 0 Å². The summed E-state index contributed by atoms with van der Waals surface area (Å²) in [6, 6.07) is 21.7. The summed E-state index contributed by atoms with van der Waals surface area (Å²) in [5.41, 5.74) is 6.92. The van der Waals surface area contributed by atoms with Crippen molar-refractivity contribution >= 4 is 39.3 Å². The van der Waals surface area contributed by atoms with Crippen LogP contribution in [0.5, 0.6) is 11.5 Å². The second kappa shape index (κ2) is 7.96. The van der Waals surface area contributed by atoms with Crippen LogP contribution >= 0.6 is 11.3 Å². The van der Waals surface area contributed by atoms with E-state index in [-0.39, 0.29) is 6.79 Å². The van der Waals surface area contributed by atoms with E-state index in [2.05, 4.69) is 23.5 Å². The minimum atomic E-state index is 0.249. The molecule has 0 aliphatic carbocycles. The summed E-state index contributed by atoms with van der Waals surface area (Å²) in [5, 5.41) is 5.17. The number of benzene rings is 3. The first-order chi connectivity index (χ1) is 14.7. The number of hydrogen-bond donors (Lipinski definition) is 1. The third-order valence-electron chi connectivity index (χ3n) is 4.55. The minimum absolute atomic E-state index is 0.249. The predicted octanol–water partition coefficient (Wildman–Crippen LogP) is 5.04. The lowest BCUT2D eigenvalue weighted by atomic mass is 10.2. The van der Waals surface area contributed by atoms with Gasteiger partial charge in [-0.05, 0) is 55.0 Å². The van der Waals surface area contributed by atoms with Gasteiger partial charge in [-0.25, -0.2) is 9.98 Å². The van der Waals surface area contributed by atoms with Crippen molar-refractivity contribution in [2.75, 3.05) is 6.79 Å². The molecule has 0 atom stereocenters. The zero-order chi connectivity index (χ0) is 20.3. The Balaban J connectivity index is 1.45. The van der Waals surface area contributed by atoms with E-state index in [1.165, 1.54) is 5.56 Å². The molecule has 5 rings (SSSR count). The van der Waals surface area contributed by atoms with E-state index in [9.17, 15) is 0 Å². The van der Waals surface area contributed by atoms with Gasteiger partial charge in [0.2, 0.25) is 6.79 Å². The fraction of sp³-hybridized carbons (Fsp3) is 0.0870. The lowest BCUT2D eigenvalue weighted by Gasteiger charge is -2.03. The number of fused-ring (bicyclic) bond motifs is 2. The number of nitrogens with zero attached hydrogens (tertiary/aromatic N) is 3. The lowest BCUT2D eigenvalue weighted by molar-refractivity contribution is 0.174.